The van der Waals surface area contributed by atoms with E-state index in [2.05, 4.69) is 21.2 Å². The number of amides is 3. The van der Waals surface area contributed by atoms with Crippen LogP contribution in [0.4, 0.5) is 24.5 Å². The molecule has 3 aromatic carbocycles. The van der Waals surface area contributed by atoms with Crippen LogP contribution >= 0.6 is 39.0 Å². The number of esters is 1. The molecule has 1 N–H and O–H groups in total. The highest BCUT2D eigenvalue weighted by Crippen LogP contribution is 2.54. The Hall–Kier alpha value is -4.21. The highest BCUT2D eigenvalue weighted by atomic mass is 79.9. The number of benzene rings is 3. The number of halogens is 4. The van der Waals surface area contributed by atoms with Crippen molar-refractivity contribution in [2.24, 2.45) is 5.92 Å². The van der Waals surface area contributed by atoms with Gasteiger partial charge in [-0.3, -0.25) is 23.7 Å². The molecule has 6 rings (SSSR count). The maximum Gasteiger partial charge on any atom is 0.416 e. The number of fused-ring (bicyclic) bond motifs is 2. The molecular weight excluding hydrogens is 723 g/mol. The minimum atomic E-state index is -4.61. The highest BCUT2D eigenvalue weighted by Gasteiger charge is 2.56. The van der Waals surface area contributed by atoms with E-state index >= 15 is 0 Å². The average Bonchev–Trinajstić information content (AvgIpc) is 3.47. The van der Waals surface area contributed by atoms with Gasteiger partial charge in [0.05, 0.1) is 34.4 Å². The third-order valence-corrected chi connectivity index (χ3v) is 10.8. The largest absolute Gasteiger partial charge is 0.462 e. The van der Waals surface area contributed by atoms with Gasteiger partial charge in [-0.15, -0.1) is 0 Å². The second-order valence-electron chi connectivity index (χ2n) is 10.6. The van der Waals surface area contributed by atoms with Gasteiger partial charge >= 0.3 is 17.0 Å². The first-order valence-corrected chi connectivity index (χ1v) is 16.6. The Bertz CT molecular complexity index is 1960. The average molecular weight is 747 g/mol. The molecule has 9 nitrogen and oxygen atoms in total. The molecule has 2 unspecified atom stereocenters. The molecule has 1 saturated heterocycles. The number of anilines is 2. The lowest BCUT2D eigenvalue weighted by Gasteiger charge is -2.30. The normalized spacial score (nSPS) is 18.9. The molecule has 242 valence electrons. The number of nitrogens with zero attached hydrogens (tertiary/aromatic N) is 2. The van der Waals surface area contributed by atoms with Gasteiger partial charge in [-0.25, -0.2) is 9.69 Å². The molecule has 1 aromatic heterocycles. The quantitative estimate of drug-likeness (QED) is 0.174. The lowest BCUT2D eigenvalue weighted by Crippen LogP contribution is -2.33. The molecule has 0 spiro atoms. The maximum absolute atomic E-state index is 14.1. The van der Waals surface area contributed by atoms with E-state index < -0.39 is 63.9 Å². The lowest BCUT2D eigenvalue weighted by atomic mass is 9.83. The molecule has 3 atom stereocenters. The van der Waals surface area contributed by atoms with Gasteiger partial charge in [0.25, 0.3) is 0 Å². The predicted molar refractivity (Wildman–Crippen MR) is 173 cm³/mol. The number of hydrogen-bond donors (Lipinski definition) is 1. The molecule has 4 aromatic rings. The number of hydrogen-bond acceptors (Lipinski definition) is 8. The third-order valence-electron chi connectivity index (χ3n) is 7.69. The number of rotatable bonds is 7. The van der Waals surface area contributed by atoms with Crippen LogP contribution in [0.1, 0.15) is 39.2 Å². The number of aromatic nitrogens is 1. The molecule has 3 heterocycles. The van der Waals surface area contributed by atoms with Crippen molar-refractivity contribution in [3.63, 3.8) is 0 Å². The first-order chi connectivity index (χ1) is 22.4. The molecular formula is C32H23BrF3N3O6S2. The fourth-order valence-electron chi connectivity index (χ4n) is 5.62. The summed E-state index contributed by atoms with van der Waals surface area (Å²) in [6.07, 6.45) is -4.61. The first-order valence-electron chi connectivity index (χ1n) is 14.1. The van der Waals surface area contributed by atoms with Crippen LogP contribution in [0.15, 0.2) is 87.1 Å². The zero-order valence-electron chi connectivity index (χ0n) is 24.2. The van der Waals surface area contributed by atoms with Crippen molar-refractivity contribution < 1.29 is 37.1 Å². The predicted octanol–water partition coefficient (Wildman–Crippen LogP) is 6.30. The molecule has 15 heteroatoms. The zero-order chi connectivity index (χ0) is 33.6. The molecule has 0 saturated carbocycles. The molecule has 2 aliphatic rings. The minimum absolute atomic E-state index is 0.0939. The van der Waals surface area contributed by atoms with Crippen molar-refractivity contribution in [3.8, 4) is 0 Å². The monoisotopic (exact) mass is 745 g/mol. The number of ether oxygens (including phenoxy) is 1. The van der Waals surface area contributed by atoms with E-state index in [0.717, 1.165) is 50.7 Å². The van der Waals surface area contributed by atoms with E-state index in [4.69, 9.17) is 4.74 Å². The standard InChI is InChI=1S/C32H23BrF3N3O6S2/c1-2-45-30(43)17-8-12-21(13-9-17)39-27(41)24-23(16-6-10-19(33)11-7-16)26-29(46-25(24)28(39)42)38(31(44)47-26)15-22(40)37-20-5-3-4-18(14-20)32(34,35)36/h3-14,23-25H,2,15H2,1H3,(H,37,40)/t23-,24?,25?/m1/s1. The van der Waals surface area contributed by atoms with Crippen LogP contribution in [0.2, 0.25) is 0 Å². The Kier molecular flexibility index (Phi) is 8.89. The van der Waals surface area contributed by atoms with Crippen LogP contribution in [0.5, 0.6) is 0 Å². The smallest absolute Gasteiger partial charge is 0.416 e. The van der Waals surface area contributed by atoms with Crippen LogP contribution in [0.3, 0.4) is 0 Å². The van der Waals surface area contributed by atoms with Gasteiger partial charge in [-0.1, -0.05) is 57.2 Å². The van der Waals surface area contributed by atoms with Gasteiger partial charge < -0.3 is 10.1 Å². The Morgan fingerprint density at radius 1 is 0.979 bits per heavy atom. The van der Waals surface area contributed by atoms with Crippen molar-refractivity contribution in [2.75, 3.05) is 16.8 Å². The van der Waals surface area contributed by atoms with Crippen molar-refractivity contribution in [1.82, 2.24) is 4.57 Å². The van der Waals surface area contributed by atoms with Crippen molar-refractivity contribution in [2.45, 2.75) is 35.8 Å². The zero-order valence-corrected chi connectivity index (χ0v) is 27.5. The van der Waals surface area contributed by atoms with Gasteiger partial charge in [0.15, 0.2) is 0 Å². The number of thiazole rings is 1. The van der Waals surface area contributed by atoms with Gasteiger partial charge in [-0.05, 0) is 67.1 Å². The van der Waals surface area contributed by atoms with Crippen molar-refractivity contribution >= 4 is 74.1 Å². The molecule has 1 fully saturated rings. The van der Waals surface area contributed by atoms with E-state index in [-0.39, 0.29) is 23.5 Å². The second-order valence-corrected chi connectivity index (χ2v) is 13.7. The van der Waals surface area contributed by atoms with Gasteiger partial charge in [-0.2, -0.15) is 13.2 Å². The van der Waals surface area contributed by atoms with Crippen LogP contribution in [-0.4, -0.2) is 40.1 Å². The van der Waals surface area contributed by atoms with E-state index in [1.807, 2.05) is 0 Å². The Balaban J connectivity index is 1.35. The molecule has 2 aliphatic heterocycles. The van der Waals surface area contributed by atoms with Crippen LogP contribution in [0, 0.1) is 5.92 Å². The number of alkyl halides is 3. The summed E-state index contributed by atoms with van der Waals surface area (Å²) in [4.78, 5) is 67.6. The van der Waals surface area contributed by atoms with Crippen LogP contribution in [0.25, 0.3) is 0 Å². The Morgan fingerprint density at radius 3 is 2.34 bits per heavy atom. The highest BCUT2D eigenvalue weighted by molar-refractivity contribution is 9.10. The number of carbonyl (C=O) groups is 4. The summed E-state index contributed by atoms with van der Waals surface area (Å²) in [5, 5.41) is 1.79. The lowest BCUT2D eigenvalue weighted by molar-refractivity contribution is -0.137. The molecule has 0 aliphatic carbocycles. The SMILES string of the molecule is CCOC(=O)c1ccc(N2C(=O)C3Sc4c(sc(=O)n4CC(=O)Nc4cccc(C(F)(F)F)c4)[C@H](c4ccc(Br)cc4)C3C2=O)cc1. The van der Waals surface area contributed by atoms with Crippen LogP contribution < -0.4 is 15.1 Å². The summed E-state index contributed by atoms with van der Waals surface area (Å²) in [6, 6.07) is 17.2. The maximum atomic E-state index is 14.1. The Morgan fingerprint density at radius 2 is 1.68 bits per heavy atom. The summed E-state index contributed by atoms with van der Waals surface area (Å²) < 4.78 is 46.6. The summed E-state index contributed by atoms with van der Waals surface area (Å²) in [5.41, 5.74) is 0.155. The van der Waals surface area contributed by atoms with Gasteiger partial charge in [0.2, 0.25) is 17.7 Å². The number of thioether (sulfide) groups is 1. The summed E-state index contributed by atoms with van der Waals surface area (Å²) in [7, 11) is 0. The topological polar surface area (TPSA) is 115 Å². The molecule has 0 radical (unpaired) electrons. The molecule has 47 heavy (non-hydrogen) atoms. The van der Waals surface area contributed by atoms with Gasteiger partial charge in [0.1, 0.15) is 11.8 Å². The number of carbonyl (C=O) groups excluding carboxylic acids is 4. The number of nitrogens with one attached hydrogen (secondary N) is 1. The fourth-order valence-corrected chi connectivity index (χ4v) is 8.65. The summed E-state index contributed by atoms with van der Waals surface area (Å²) in [6.45, 7) is 1.33. The fraction of sp³-hybridized carbons (Fsp3) is 0.219. The third kappa shape index (κ3) is 6.26. The number of imide groups is 1. The molecule has 3 amide bonds. The van der Waals surface area contributed by atoms with Crippen molar-refractivity contribution in [3.05, 3.63) is 109 Å². The van der Waals surface area contributed by atoms with E-state index in [9.17, 15) is 37.1 Å². The van der Waals surface area contributed by atoms with Gasteiger partial charge in [0, 0.05) is 21.0 Å². The first kappa shape index (κ1) is 32.7. The van der Waals surface area contributed by atoms with E-state index in [1.54, 1.807) is 31.2 Å². The van der Waals surface area contributed by atoms with E-state index in [1.165, 1.54) is 34.9 Å². The minimum Gasteiger partial charge on any atom is -0.462 e. The summed E-state index contributed by atoms with van der Waals surface area (Å²) in [5.74, 6) is -3.90. The van der Waals surface area contributed by atoms with Crippen LogP contribution in [-0.2, 0) is 31.8 Å². The second kappa shape index (κ2) is 12.8. The van der Waals surface area contributed by atoms with E-state index in [0.29, 0.717) is 15.5 Å². The van der Waals surface area contributed by atoms with Crippen molar-refractivity contribution in [1.29, 1.82) is 0 Å². The molecule has 0 bridgehead atoms. The summed E-state index contributed by atoms with van der Waals surface area (Å²) >= 11 is 5.26. The Labute approximate surface area is 281 Å².